The predicted octanol–water partition coefficient (Wildman–Crippen LogP) is 2.07. The van der Waals surface area contributed by atoms with Crippen LogP contribution in [0.2, 0.25) is 0 Å². The monoisotopic (exact) mass is 238 g/mol. The summed E-state index contributed by atoms with van der Waals surface area (Å²) < 4.78 is 10.3. The molecule has 0 aliphatic heterocycles. The van der Waals surface area contributed by atoms with Gasteiger partial charge in [0.1, 0.15) is 5.75 Å². The summed E-state index contributed by atoms with van der Waals surface area (Å²) in [6.45, 7) is 3.65. The second kappa shape index (κ2) is 5.19. The lowest BCUT2D eigenvalue weighted by molar-refractivity contribution is -0.152. The van der Waals surface area contributed by atoms with Gasteiger partial charge in [0, 0.05) is 18.1 Å². The SMILES string of the molecule is COc1ccccc1C(C)(C)C(OC)C(=O)O. The molecule has 0 spiro atoms. The fraction of sp³-hybridized carbons (Fsp3) is 0.462. The molecule has 1 rings (SSSR count). The highest BCUT2D eigenvalue weighted by Gasteiger charge is 2.38. The Kier molecular flexibility index (Phi) is 4.12. The molecule has 17 heavy (non-hydrogen) atoms. The summed E-state index contributed by atoms with van der Waals surface area (Å²) in [5, 5.41) is 9.17. The summed E-state index contributed by atoms with van der Waals surface area (Å²) in [6, 6.07) is 7.37. The van der Waals surface area contributed by atoms with Gasteiger partial charge in [0.05, 0.1) is 7.11 Å². The quantitative estimate of drug-likeness (QED) is 0.853. The second-order valence-electron chi connectivity index (χ2n) is 4.38. The van der Waals surface area contributed by atoms with Crippen molar-refractivity contribution in [1.82, 2.24) is 0 Å². The van der Waals surface area contributed by atoms with E-state index in [0.29, 0.717) is 5.75 Å². The molecule has 0 radical (unpaired) electrons. The van der Waals surface area contributed by atoms with E-state index in [1.807, 2.05) is 38.1 Å². The highest BCUT2D eigenvalue weighted by atomic mass is 16.5. The molecule has 0 amide bonds. The Morgan fingerprint density at radius 2 is 1.88 bits per heavy atom. The number of ether oxygens (including phenoxy) is 2. The fourth-order valence-corrected chi connectivity index (χ4v) is 2.02. The standard InChI is InChI=1S/C13H18O4/c1-13(2,11(17-4)12(14)15)9-7-5-6-8-10(9)16-3/h5-8,11H,1-4H3,(H,14,15). The van der Waals surface area contributed by atoms with Crippen molar-refractivity contribution in [2.24, 2.45) is 0 Å². The minimum Gasteiger partial charge on any atom is -0.496 e. The molecule has 0 saturated carbocycles. The van der Waals surface area contributed by atoms with E-state index in [9.17, 15) is 4.79 Å². The van der Waals surface area contributed by atoms with Crippen LogP contribution in [-0.4, -0.2) is 31.4 Å². The van der Waals surface area contributed by atoms with Gasteiger partial charge in [0.2, 0.25) is 0 Å². The van der Waals surface area contributed by atoms with Gasteiger partial charge >= 0.3 is 5.97 Å². The van der Waals surface area contributed by atoms with Crippen molar-refractivity contribution in [1.29, 1.82) is 0 Å². The zero-order chi connectivity index (χ0) is 13.1. The largest absolute Gasteiger partial charge is 0.496 e. The maximum atomic E-state index is 11.2. The van der Waals surface area contributed by atoms with Gasteiger partial charge in [-0.15, -0.1) is 0 Å². The molecule has 0 heterocycles. The molecule has 1 atom stereocenters. The van der Waals surface area contributed by atoms with Crippen molar-refractivity contribution in [2.45, 2.75) is 25.4 Å². The first-order chi connectivity index (χ1) is 7.95. The van der Waals surface area contributed by atoms with Crippen LogP contribution >= 0.6 is 0 Å². The molecule has 4 nitrogen and oxygen atoms in total. The van der Waals surface area contributed by atoms with E-state index in [2.05, 4.69) is 0 Å². The average molecular weight is 238 g/mol. The number of para-hydroxylation sites is 1. The van der Waals surface area contributed by atoms with Gasteiger partial charge in [-0.1, -0.05) is 32.0 Å². The smallest absolute Gasteiger partial charge is 0.333 e. The third-order valence-electron chi connectivity index (χ3n) is 2.92. The Morgan fingerprint density at radius 1 is 1.29 bits per heavy atom. The highest BCUT2D eigenvalue weighted by Crippen LogP contribution is 2.35. The Balaban J connectivity index is 3.23. The van der Waals surface area contributed by atoms with E-state index in [1.54, 1.807) is 7.11 Å². The van der Waals surface area contributed by atoms with E-state index >= 15 is 0 Å². The molecular weight excluding hydrogens is 220 g/mol. The molecule has 1 unspecified atom stereocenters. The number of carbonyl (C=O) groups is 1. The molecule has 4 heteroatoms. The zero-order valence-electron chi connectivity index (χ0n) is 10.6. The number of carboxylic acids is 1. The molecular formula is C13H18O4. The molecule has 1 N–H and O–H groups in total. The zero-order valence-corrected chi connectivity index (χ0v) is 10.6. The molecule has 0 saturated heterocycles. The average Bonchev–Trinajstić information content (AvgIpc) is 2.29. The molecule has 0 aliphatic rings. The van der Waals surface area contributed by atoms with Crippen molar-refractivity contribution in [3.8, 4) is 5.75 Å². The van der Waals surface area contributed by atoms with Crippen LogP contribution in [0.25, 0.3) is 0 Å². The van der Waals surface area contributed by atoms with Gasteiger partial charge in [-0.2, -0.15) is 0 Å². The molecule has 1 aromatic carbocycles. The summed E-state index contributed by atoms with van der Waals surface area (Å²) in [7, 11) is 2.97. The van der Waals surface area contributed by atoms with Gasteiger partial charge in [-0.05, 0) is 6.07 Å². The van der Waals surface area contributed by atoms with Crippen molar-refractivity contribution >= 4 is 5.97 Å². The molecule has 0 aliphatic carbocycles. The van der Waals surface area contributed by atoms with Crippen LogP contribution in [0.5, 0.6) is 5.75 Å². The van der Waals surface area contributed by atoms with E-state index in [-0.39, 0.29) is 0 Å². The van der Waals surface area contributed by atoms with Crippen LogP contribution in [0.3, 0.4) is 0 Å². The Labute approximate surface area is 101 Å². The second-order valence-corrected chi connectivity index (χ2v) is 4.38. The summed E-state index contributed by atoms with van der Waals surface area (Å²) in [5.41, 5.74) is 0.143. The predicted molar refractivity (Wildman–Crippen MR) is 64.5 cm³/mol. The third-order valence-corrected chi connectivity index (χ3v) is 2.92. The number of benzene rings is 1. The van der Waals surface area contributed by atoms with Crippen LogP contribution in [0.4, 0.5) is 0 Å². The number of hydrogen-bond donors (Lipinski definition) is 1. The fourth-order valence-electron chi connectivity index (χ4n) is 2.02. The van der Waals surface area contributed by atoms with Gasteiger partial charge < -0.3 is 14.6 Å². The summed E-state index contributed by atoms with van der Waals surface area (Å²) in [6.07, 6.45) is -0.918. The Bertz CT molecular complexity index is 398. The third kappa shape index (κ3) is 2.58. The molecule has 94 valence electrons. The van der Waals surface area contributed by atoms with Crippen LogP contribution in [0.1, 0.15) is 19.4 Å². The van der Waals surface area contributed by atoms with Crippen LogP contribution in [-0.2, 0) is 14.9 Å². The lowest BCUT2D eigenvalue weighted by Crippen LogP contribution is -2.41. The highest BCUT2D eigenvalue weighted by molar-refractivity contribution is 5.75. The van der Waals surface area contributed by atoms with Crippen LogP contribution in [0.15, 0.2) is 24.3 Å². The van der Waals surface area contributed by atoms with Gasteiger partial charge in [0.25, 0.3) is 0 Å². The van der Waals surface area contributed by atoms with Crippen LogP contribution in [0, 0.1) is 0 Å². The molecule has 0 aromatic heterocycles. The molecule has 0 bridgehead atoms. The Morgan fingerprint density at radius 3 is 2.35 bits per heavy atom. The van der Waals surface area contributed by atoms with E-state index in [4.69, 9.17) is 14.6 Å². The van der Waals surface area contributed by atoms with E-state index < -0.39 is 17.5 Å². The van der Waals surface area contributed by atoms with Crippen molar-refractivity contribution < 1.29 is 19.4 Å². The van der Waals surface area contributed by atoms with Crippen molar-refractivity contribution in [2.75, 3.05) is 14.2 Å². The van der Waals surface area contributed by atoms with Crippen molar-refractivity contribution in [3.05, 3.63) is 29.8 Å². The summed E-state index contributed by atoms with van der Waals surface area (Å²) >= 11 is 0. The van der Waals surface area contributed by atoms with Crippen LogP contribution < -0.4 is 4.74 Å². The number of carboxylic acid groups (broad SMARTS) is 1. The normalized spacial score (nSPS) is 13.2. The minimum atomic E-state index is -0.983. The number of hydrogen-bond acceptors (Lipinski definition) is 3. The van der Waals surface area contributed by atoms with Crippen molar-refractivity contribution in [3.63, 3.8) is 0 Å². The molecule has 0 fully saturated rings. The maximum Gasteiger partial charge on any atom is 0.333 e. The maximum absolute atomic E-state index is 11.2. The van der Waals surface area contributed by atoms with Gasteiger partial charge in [0.15, 0.2) is 6.10 Å². The Hall–Kier alpha value is -1.55. The number of methoxy groups -OCH3 is 2. The minimum absolute atomic E-state index is 0.667. The number of rotatable bonds is 5. The lowest BCUT2D eigenvalue weighted by Gasteiger charge is -2.31. The van der Waals surface area contributed by atoms with Gasteiger partial charge in [-0.25, -0.2) is 4.79 Å². The van der Waals surface area contributed by atoms with E-state index in [0.717, 1.165) is 5.56 Å². The first-order valence-corrected chi connectivity index (χ1v) is 5.34. The van der Waals surface area contributed by atoms with E-state index in [1.165, 1.54) is 7.11 Å². The number of aliphatic carboxylic acids is 1. The summed E-state index contributed by atoms with van der Waals surface area (Å²) in [4.78, 5) is 11.2. The first kappa shape index (κ1) is 13.5. The van der Waals surface area contributed by atoms with Gasteiger partial charge in [-0.3, -0.25) is 0 Å². The summed E-state index contributed by atoms with van der Waals surface area (Å²) in [5.74, 6) is -0.316. The first-order valence-electron chi connectivity index (χ1n) is 5.34. The topological polar surface area (TPSA) is 55.8 Å². The lowest BCUT2D eigenvalue weighted by atomic mass is 9.78. The molecule has 1 aromatic rings.